The highest BCUT2D eigenvalue weighted by Gasteiger charge is 2.19. The van der Waals surface area contributed by atoms with Crippen LogP contribution in [0, 0.1) is 0 Å². The van der Waals surface area contributed by atoms with Gasteiger partial charge in [-0.3, -0.25) is 4.79 Å². The van der Waals surface area contributed by atoms with Crippen molar-refractivity contribution < 1.29 is 24.5 Å². The van der Waals surface area contributed by atoms with Crippen molar-refractivity contribution in [1.29, 1.82) is 0 Å². The van der Waals surface area contributed by atoms with Gasteiger partial charge in [-0.05, 0) is 0 Å². The van der Waals surface area contributed by atoms with Crippen LogP contribution in [0.5, 0.6) is 0 Å². The lowest BCUT2D eigenvalue weighted by Gasteiger charge is -2.05. The average molecular weight is 174 g/mol. The molecule has 68 valence electrons. The van der Waals surface area contributed by atoms with Crippen LogP contribution in [-0.2, 0) is 14.3 Å². The van der Waals surface area contributed by atoms with Crippen LogP contribution in [0.3, 0.4) is 0 Å². The summed E-state index contributed by atoms with van der Waals surface area (Å²) < 4.78 is 4.38. The van der Waals surface area contributed by atoms with Gasteiger partial charge in [0.1, 0.15) is 6.61 Å². The number of ether oxygens (including phenoxy) is 1. The summed E-state index contributed by atoms with van der Waals surface area (Å²) in [5, 5.41) is 17.0. The smallest absolute Gasteiger partial charge is 0.335 e. The third-order valence-electron chi connectivity index (χ3n) is 0.983. The fourth-order valence-corrected chi connectivity index (χ4v) is 0.486. The van der Waals surface area contributed by atoms with E-state index in [0.29, 0.717) is 0 Å². The molecule has 0 aromatic heterocycles. The van der Waals surface area contributed by atoms with Crippen molar-refractivity contribution in [2.45, 2.75) is 12.5 Å². The van der Waals surface area contributed by atoms with Crippen molar-refractivity contribution in [3.63, 3.8) is 0 Å². The number of aliphatic carboxylic acids is 1. The molecule has 12 heavy (non-hydrogen) atoms. The Labute approximate surface area is 69.3 Å². The van der Waals surface area contributed by atoms with Crippen LogP contribution in [0.1, 0.15) is 6.42 Å². The Morgan fingerprint density at radius 3 is 2.58 bits per heavy atom. The van der Waals surface area contributed by atoms with Gasteiger partial charge in [0, 0.05) is 0 Å². The minimum absolute atomic E-state index is 0.0322. The molecule has 5 heteroatoms. The summed E-state index contributed by atoms with van der Waals surface area (Å²) in [4.78, 5) is 20.7. The first-order chi connectivity index (χ1) is 5.57. The average Bonchev–Trinajstić information content (AvgIpc) is 1.98. The van der Waals surface area contributed by atoms with Crippen LogP contribution in [0.4, 0.5) is 0 Å². The van der Waals surface area contributed by atoms with E-state index in [2.05, 4.69) is 11.3 Å². The molecule has 0 bridgehead atoms. The molecule has 0 saturated heterocycles. The van der Waals surface area contributed by atoms with E-state index in [-0.39, 0.29) is 6.61 Å². The third-order valence-corrected chi connectivity index (χ3v) is 0.983. The summed E-state index contributed by atoms with van der Waals surface area (Å²) >= 11 is 0. The highest BCUT2D eigenvalue weighted by Crippen LogP contribution is 1.94. The summed E-state index contributed by atoms with van der Waals surface area (Å²) in [6.45, 7) is 3.25. The molecule has 0 amide bonds. The van der Waals surface area contributed by atoms with Crippen LogP contribution in [0.15, 0.2) is 12.7 Å². The van der Waals surface area contributed by atoms with Gasteiger partial charge in [0.15, 0.2) is 6.10 Å². The maximum Gasteiger partial charge on any atom is 0.335 e. The molecule has 0 aliphatic rings. The SMILES string of the molecule is C=CCOC(=O)C(O)CC(=O)O. The molecule has 0 fully saturated rings. The minimum atomic E-state index is -1.59. The van der Waals surface area contributed by atoms with Gasteiger partial charge in [-0.2, -0.15) is 0 Å². The number of carbonyl (C=O) groups excluding carboxylic acids is 1. The second-order valence-electron chi connectivity index (χ2n) is 2.03. The van der Waals surface area contributed by atoms with E-state index in [1.54, 1.807) is 0 Å². The lowest BCUT2D eigenvalue weighted by Crippen LogP contribution is -2.25. The summed E-state index contributed by atoms with van der Waals surface area (Å²) in [6, 6.07) is 0. The summed E-state index contributed by atoms with van der Waals surface area (Å²) in [7, 11) is 0. The number of esters is 1. The number of aliphatic hydroxyl groups excluding tert-OH is 1. The molecule has 0 rings (SSSR count). The summed E-state index contributed by atoms with van der Waals surface area (Å²) in [5.41, 5.74) is 0. The third kappa shape index (κ3) is 4.45. The predicted molar refractivity (Wildman–Crippen MR) is 39.4 cm³/mol. The van der Waals surface area contributed by atoms with Gasteiger partial charge in [0.05, 0.1) is 6.42 Å². The maximum absolute atomic E-state index is 10.7. The number of hydrogen-bond acceptors (Lipinski definition) is 4. The first kappa shape index (κ1) is 10.6. The predicted octanol–water partition coefficient (Wildman–Crippen LogP) is -0.449. The summed E-state index contributed by atoms with van der Waals surface area (Å²) in [6.07, 6.45) is -0.913. The van der Waals surface area contributed by atoms with Crippen molar-refractivity contribution in [2.24, 2.45) is 0 Å². The largest absolute Gasteiger partial charge is 0.481 e. The van der Waals surface area contributed by atoms with Crippen LogP contribution in [-0.4, -0.2) is 34.9 Å². The van der Waals surface area contributed by atoms with Gasteiger partial charge in [-0.25, -0.2) is 4.79 Å². The van der Waals surface area contributed by atoms with Crippen molar-refractivity contribution in [2.75, 3.05) is 6.61 Å². The lowest BCUT2D eigenvalue weighted by atomic mass is 10.2. The van der Waals surface area contributed by atoms with Gasteiger partial charge in [-0.15, -0.1) is 0 Å². The molecular formula is C7H10O5. The molecular weight excluding hydrogens is 164 g/mol. The van der Waals surface area contributed by atoms with Crippen molar-refractivity contribution in [3.05, 3.63) is 12.7 Å². The van der Waals surface area contributed by atoms with Crippen LogP contribution < -0.4 is 0 Å². The molecule has 1 unspecified atom stereocenters. The van der Waals surface area contributed by atoms with Crippen molar-refractivity contribution >= 4 is 11.9 Å². The van der Waals surface area contributed by atoms with E-state index in [0.717, 1.165) is 0 Å². The number of aliphatic hydroxyl groups is 1. The van der Waals surface area contributed by atoms with E-state index in [1.807, 2.05) is 0 Å². The summed E-state index contributed by atoms with van der Waals surface area (Å²) in [5.74, 6) is -2.20. The highest BCUT2D eigenvalue weighted by molar-refractivity contribution is 5.80. The monoisotopic (exact) mass is 174 g/mol. The minimum Gasteiger partial charge on any atom is -0.481 e. The second-order valence-corrected chi connectivity index (χ2v) is 2.03. The Morgan fingerprint density at radius 1 is 1.58 bits per heavy atom. The van der Waals surface area contributed by atoms with E-state index < -0.39 is 24.5 Å². The molecule has 0 heterocycles. The van der Waals surface area contributed by atoms with Gasteiger partial charge in [0.25, 0.3) is 0 Å². The Bertz CT molecular complexity index is 186. The van der Waals surface area contributed by atoms with E-state index in [1.165, 1.54) is 6.08 Å². The highest BCUT2D eigenvalue weighted by atomic mass is 16.5. The number of hydrogen-bond donors (Lipinski definition) is 2. The molecule has 0 saturated carbocycles. The van der Waals surface area contributed by atoms with Gasteiger partial charge in [-0.1, -0.05) is 12.7 Å². The topological polar surface area (TPSA) is 83.8 Å². The number of carbonyl (C=O) groups is 2. The first-order valence-corrected chi connectivity index (χ1v) is 3.25. The van der Waals surface area contributed by atoms with E-state index in [4.69, 9.17) is 10.2 Å². The van der Waals surface area contributed by atoms with Crippen LogP contribution in [0.25, 0.3) is 0 Å². The Morgan fingerprint density at radius 2 is 2.17 bits per heavy atom. The standard InChI is InChI=1S/C7H10O5/c1-2-3-12-7(11)5(8)4-6(9)10/h2,5,8H,1,3-4H2,(H,9,10). The molecule has 0 aromatic carbocycles. The Kier molecular flexibility index (Phi) is 4.71. The zero-order valence-corrected chi connectivity index (χ0v) is 6.40. The normalized spacial score (nSPS) is 11.8. The van der Waals surface area contributed by atoms with Gasteiger partial charge < -0.3 is 14.9 Å². The van der Waals surface area contributed by atoms with Crippen molar-refractivity contribution in [1.82, 2.24) is 0 Å². The van der Waals surface area contributed by atoms with E-state index in [9.17, 15) is 9.59 Å². The first-order valence-electron chi connectivity index (χ1n) is 3.25. The van der Waals surface area contributed by atoms with E-state index >= 15 is 0 Å². The fourth-order valence-electron chi connectivity index (χ4n) is 0.486. The molecule has 0 aromatic rings. The molecule has 0 radical (unpaired) electrons. The number of carboxylic acid groups (broad SMARTS) is 1. The Hall–Kier alpha value is -1.36. The molecule has 0 spiro atoms. The molecule has 2 N–H and O–H groups in total. The number of carboxylic acids is 1. The zero-order chi connectivity index (χ0) is 9.56. The molecule has 0 aliphatic carbocycles. The van der Waals surface area contributed by atoms with Gasteiger partial charge in [0.2, 0.25) is 0 Å². The van der Waals surface area contributed by atoms with Crippen molar-refractivity contribution in [3.8, 4) is 0 Å². The van der Waals surface area contributed by atoms with Gasteiger partial charge >= 0.3 is 11.9 Å². The lowest BCUT2D eigenvalue weighted by molar-refractivity contribution is -0.157. The molecule has 0 aliphatic heterocycles. The molecule has 1 atom stereocenters. The fraction of sp³-hybridized carbons (Fsp3) is 0.429. The Balaban J connectivity index is 3.76. The second kappa shape index (κ2) is 5.31. The quantitative estimate of drug-likeness (QED) is 0.435. The van der Waals surface area contributed by atoms with Crippen LogP contribution in [0.2, 0.25) is 0 Å². The zero-order valence-electron chi connectivity index (χ0n) is 6.40. The maximum atomic E-state index is 10.7. The molecule has 5 nitrogen and oxygen atoms in total. The van der Waals surface area contributed by atoms with Crippen LogP contribution >= 0.6 is 0 Å². The number of rotatable bonds is 5.